The van der Waals surface area contributed by atoms with Crippen molar-refractivity contribution >= 4 is 5.91 Å². The summed E-state index contributed by atoms with van der Waals surface area (Å²) in [6, 6.07) is 0. The Hall–Kier alpha value is -0.530. The largest absolute Gasteiger partial charge is 0.355 e. The van der Waals surface area contributed by atoms with Crippen molar-refractivity contribution in [1.29, 1.82) is 0 Å². The third-order valence-electron chi connectivity index (χ3n) is 1.64. The van der Waals surface area contributed by atoms with Crippen molar-refractivity contribution in [2.45, 2.75) is 27.7 Å². The van der Waals surface area contributed by atoms with E-state index in [1.165, 1.54) is 0 Å². The summed E-state index contributed by atoms with van der Waals surface area (Å²) in [6.07, 6.45) is 0. The van der Waals surface area contributed by atoms with E-state index in [1.54, 1.807) is 0 Å². The van der Waals surface area contributed by atoms with Crippen LogP contribution in [0.15, 0.2) is 0 Å². The molecular weight excluding hydrogens is 126 g/mol. The molecule has 0 spiro atoms. The Morgan fingerprint density at radius 3 is 2.00 bits per heavy atom. The number of β-lactam (4-membered cyclic amide) rings is 1. The van der Waals surface area contributed by atoms with E-state index in [-0.39, 0.29) is 5.91 Å². The van der Waals surface area contributed by atoms with Crippen LogP contribution < -0.4 is 5.32 Å². The van der Waals surface area contributed by atoms with Gasteiger partial charge in [0.25, 0.3) is 0 Å². The molecule has 1 aliphatic rings. The lowest BCUT2D eigenvalue weighted by Crippen LogP contribution is -2.50. The molecule has 60 valence electrons. The highest BCUT2D eigenvalue weighted by Crippen LogP contribution is 2.15. The molecule has 2 heteroatoms. The highest BCUT2D eigenvalue weighted by Gasteiger charge is 2.29. The van der Waals surface area contributed by atoms with Crippen molar-refractivity contribution in [1.82, 2.24) is 5.32 Å². The molecule has 2 nitrogen and oxygen atoms in total. The second-order valence-corrected chi connectivity index (χ2v) is 2.60. The van der Waals surface area contributed by atoms with Crippen molar-refractivity contribution in [3.63, 3.8) is 0 Å². The molecule has 0 aliphatic carbocycles. The lowest BCUT2D eigenvalue weighted by Gasteiger charge is -2.28. The van der Waals surface area contributed by atoms with Gasteiger partial charge in [-0.2, -0.15) is 0 Å². The number of rotatable bonds is 1. The standard InChI is InChI=1S/C6H11NO.C2H6/c1-4(2)5-3-7-6(5)8;1-2/h4-5H,3H2,1-2H3,(H,7,8);1-2H3. The molecule has 1 unspecified atom stereocenters. The highest BCUT2D eigenvalue weighted by atomic mass is 16.2. The predicted octanol–water partition coefficient (Wildman–Crippen LogP) is 1.41. The third kappa shape index (κ3) is 2.01. The molecule has 0 aromatic heterocycles. The van der Waals surface area contributed by atoms with Gasteiger partial charge in [-0.3, -0.25) is 4.79 Å². The fraction of sp³-hybridized carbons (Fsp3) is 0.875. The van der Waals surface area contributed by atoms with Gasteiger partial charge in [0, 0.05) is 6.54 Å². The lowest BCUT2D eigenvalue weighted by molar-refractivity contribution is -0.132. The Morgan fingerprint density at radius 1 is 1.50 bits per heavy atom. The molecule has 0 bridgehead atoms. The highest BCUT2D eigenvalue weighted by molar-refractivity contribution is 5.84. The number of hydrogen-bond donors (Lipinski definition) is 1. The summed E-state index contributed by atoms with van der Waals surface area (Å²) >= 11 is 0. The van der Waals surface area contributed by atoms with Gasteiger partial charge < -0.3 is 5.32 Å². The molecule has 1 amide bonds. The smallest absolute Gasteiger partial charge is 0.225 e. The van der Waals surface area contributed by atoms with Crippen molar-refractivity contribution in [2.24, 2.45) is 11.8 Å². The Labute approximate surface area is 63.0 Å². The van der Waals surface area contributed by atoms with E-state index >= 15 is 0 Å². The number of amides is 1. The average Bonchev–Trinajstić information content (AvgIpc) is 1.88. The molecule has 0 aromatic rings. The van der Waals surface area contributed by atoms with Gasteiger partial charge in [-0.25, -0.2) is 0 Å². The summed E-state index contributed by atoms with van der Waals surface area (Å²) in [5.74, 6) is 1.04. The zero-order valence-corrected chi connectivity index (χ0v) is 7.27. The maximum atomic E-state index is 10.6. The molecule has 1 heterocycles. The fourth-order valence-corrected chi connectivity index (χ4v) is 0.842. The summed E-state index contributed by atoms with van der Waals surface area (Å²) in [5, 5.41) is 2.70. The van der Waals surface area contributed by atoms with Crippen LogP contribution in [0, 0.1) is 11.8 Å². The Balaban J connectivity index is 0.000000371. The van der Waals surface area contributed by atoms with E-state index in [1.807, 2.05) is 13.8 Å². The number of hydrogen-bond acceptors (Lipinski definition) is 1. The van der Waals surface area contributed by atoms with Crippen molar-refractivity contribution in [3.8, 4) is 0 Å². The van der Waals surface area contributed by atoms with Crippen molar-refractivity contribution in [2.75, 3.05) is 6.54 Å². The second kappa shape index (κ2) is 4.31. The van der Waals surface area contributed by atoms with Gasteiger partial charge in [-0.1, -0.05) is 27.7 Å². The third-order valence-corrected chi connectivity index (χ3v) is 1.64. The van der Waals surface area contributed by atoms with Crippen LogP contribution in [0.1, 0.15) is 27.7 Å². The van der Waals surface area contributed by atoms with E-state index in [0.717, 1.165) is 6.54 Å². The molecule has 1 aliphatic heterocycles. The van der Waals surface area contributed by atoms with Crippen LogP contribution in [-0.4, -0.2) is 12.5 Å². The Kier molecular flexibility index (Phi) is 4.08. The van der Waals surface area contributed by atoms with Crippen LogP contribution in [0.2, 0.25) is 0 Å². The first-order valence-corrected chi connectivity index (χ1v) is 3.99. The number of nitrogens with one attached hydrogen (secondary N) is 1. The maximum Gasteiger partial charge on any atom is 0.225 e. The SMILES string of the molecule is CC.CC(C)C1CNC1=O. The van der Waals surface area contributed by atoms with Gasteiger partial charge in [0.05, 0.1) is 5.92 Å². The lowest BCUT2D eigenvalue weighted by atomic mass is 9.90. The summed E-state index contributed by atoms with van der Waals surface area (Å²) in [4.78, 5) is 10.6. The molecule has 1 N–H and O–H groups in total. The first-order valence-electron chi connectivity index (χ1n) is 3.99. The minimum Gasteiger partial charge on any atom is -0.355 e. The summed E-state index contributed by atoms with van der Waals surface area (Å²) in [7, 11) is 0. The zero-order valence-electron chi connectivity index (χ0n) is 7.27. The van der Waals surface area contributed by atoms with Gasteiger partial charge in [0.1, 0.15) is 0 Å². The quantitative estimate of drug-likeness (QED) is 0.552. The van der Waals surface area contributed by atoms with Gasteiger partial charge >= 0.3 is 0 Å². The Morgan fingerprint density at radius 2 is 2.00 bits per heavy atom. The predicted molar refractivity (Wildman–Crippen MR) is 42.7 cm³/mol. The van der Waals surface area contributed by atoms with E-state index in [9.17, 15) is 4.79 Å². The van der Waals surface area contributed by atoms with E-state index in [4.69, 9.17) is 0 Å². The van der Waals surface area contributed by atoms with Crippen molar-refractivity contribution < 1.29 is 4.79 Å². The van der Waals surface area contributed by atoms with Crippen LogP contribution in [0.3, 0.4) is 0 Å². The summed E-state index contributed by atoms with van der Waals surface area (Å²) in [5.41, 5.74) is 0. The van der Waals surface area contributed by atoms with Gasteiger partial charge in [0.15, 0.2) is 0 Å². The molecular formula is C8H17NO. The normalized spacial score (nSPS) is 22.5. The van der Waals surface area contributed by atoms with E-state index in [2.05, 4.69) is 19.2 Å². The van der Waals surface area contributed by atoms with Gasteiger partial charge in [0.2, 0.25) is 5.91 Å². The zero-order chi connectivity index (χ0) is 8.15. The monoisotopic (exact) mass is 143 g/mol. The minimum absolute atomic E-state index is 0.222. The second-order valence-electron chi connectivity index (χ2n) is 2.60. The molecule has 10 heavy (non-hydrogen) atoms. The van der Waals surface area contributed by atoms with E-state index < -0.39 is 0 Å². The fourth-order valence-electron chi connectivity index (χ4n) is 0.842. The van der Waals surface area contributed by atoms with Gasteiger partial charge in [-0.05, 0) is 5.92 Å². The van der Waals surface area contributed by atoms with Crippen LogP contribution in [0.5, 0.6) is 0 Å². The maximum absolute atomic E-state index is 10.6. The molecule has 1 atom stereocenters. The van der Waals surface area contributed by atoms with Crippen LogP contribution in [0.25, 0.3) is 0 Å². The topological polar surface area (TPSA) is 29.1 Å². The van der Waals surface area contributed by atoms with Gasteiger partial charge in [-0.15, -0.1) is 0 Å². The first kappa shape index (κ1) is 9.47. The molecule has 1 rings (SSSR count). The summed E-state index contributed by atoms with van der Waals surface area (Å²) in [6.45, 7) is 9.03. The minimum atomic E-state index is 0.222. The van der Waals surface area contributed by atoms with Crippen molar-refractivity contribution in [3.05, 3.63) is 0 Å². The molecule has 1 saturated heterocycles. The van der Waals surface area contributed by atoms with Crippen LogP contribution in [-0.2, 0) is 4.79 Å². The van der Waals surface area contributed by atoms with Crippen LogP contribution in [0.4, 0.5) is 0 Å². The summed E-state index contributed by atoms with van der Waals surface area (Å²) < 4.78 is 0. The van der Waals surface area contributed by atoms with E-state index in [0.29, 0.717) is 11.8 Å². The molecule has 0 radical (unpaired) electrons. The molecule has 0 aromatic carbocycles. The molecule has 1 fully saturated rings. The Bertz CT molecular complexity index is 110. The first-order chi connectivity index (χ1) is 4.72. The van der Waals surface area contributed by atoms with Crippen LogP contribution >= 0.6 is 0 Å². The number of carbonyl (C=O) groups is 1. The number of carbonyl (C=O) groups excluding carboxylic acids is 1. The molecule has 0 saturated carbocycles. The average molecular weight is 143 g/mol.